The average molecular weight is 358 g/mol. The van der Waals surface area contributed by atoms with E-state index in [0.717, 1.165) is 30.0 Å². The normalized spacial score (nSPS) is 15.3. The fraction of sp³-hybridized carbons (Fsp3) is 0.526. The van der Waals surface area contributed by atoms with Crippen LogP contribution in [-0.4, -0.2) is 45.4 Å². The lowest BCUT2D eigenvalue weighted by molar-refractivity contribution is 0.0709. The number of ether oxygens (including phenoxy) is 1. The summed E-state index contributed by atoms with van der Waals surface area (Å²) in [6.07, 6.45) is 1.63. The molecule has 26 heavy (non-hydrogen) atoms. The summed E-state index contributed by atoms with van der Waals surface area (Å²) < 4.78 is 8.34. The van der Waals surface area contributed by atoms with Crippen molar-refractivity contribution in [2.24, 2.45) is 7.05 Å². The first-order valence-electron chi connectivity index (χ1n) is 9.03. The van der Waals surface area contributed by atoms with E-state index >= 15 is 0 Å². The highest BCUT2D eigenvalue weighted by molar-refractivity contribution is 5.95. The third kappa shape index (κ3) is 3.25. The molecule has 1 aliphatic heterocycles. The molecule has 1 aromatic heterocycles. The molecule has 7 heteroatoms. The molecular formula is C19H26N4O3. The van der Waals surface area contributed by atoms with Gasteiger partial charge in [0.1, 0.15) is 11.6 Å². The number of carbonyl (C=O) groups excluding carboxylic acids is 1. The zero-order valence-electron chi connectivity index (χ0n) is 15.9. The average Bonchev–Trinajstić information content (AvgIpc) is 2.95. The zero-order chi connectivity index (χ0) is 18.8. The van der Waals surface area contributed by atoms with Crippen molar-refractivity contribution in [2.45, 2.75) is 39.2 Å². The number of piperidine rings is 1. The van der Waals surface area contributed by atoms with E-state index in [1.165, 1.54) is 4.68 Å². The van der Waals surface area contributed by atoms with Gasteiger partial charge in [-0.15, -0.1) is 0 Å². The van der Waals surface area contributed by atoms with Gasteiger partial charge in [0.2, 0.25) is 0 Å². The number of aromatic nitrogens is 3. The second kappa shape index (κ2) is 7.35. The van der Waals surface area contributed by atoms with Gasteiger partial charge in [0.05, 0.1) is 7.11 Å². The Bertz CT molecular complexity index is 860. The van der Waals surface area contributed by atoms with Gasteiger partial charge in [-0.05, 0) is 50.5 Å². The topological polar surface area (TPSA) is 69.4 Å². The Morgan fingerprint density at radius 2 is 2.00 bits per heavy atom. The smallest absolute Gasteiger partial charge is 0.345 e. The van der Waals surface area contributed by atoms with Crippen molar-refractivity contribution in [1.82, 2.24) is 19.2 Å². The maximum Gasteiger partial charge on any atom is 0.345 e. The Morgan fingerprint density at radius 3 is 2.58 bits per heavy atom. The van der Waals surface area contributed by atoms with Gasteiger partial charge in [-0.1, -0.05) is 0 Å². The molecule has 0 aliphatic carbocycles. The Labute approximate surface area is 153 Å². The van der Waals surface area contributed by atoms with Crippen LogP contribution in [0.2, 0.25) is 0 Å². The number of methoxy groups -OCH3 is 1. The Hall–Kier alpha value is -2.57. The fourth-order valence-electron chi connectivity index (χ4n) is 3.64. The van der Waals surface area contributed by atoms with E-state index < -0.39 is 0 Å². The Kier molecular flexibility index (Phi) is 5.15. The number of aryl methyl sites for hydroxylation is 2. The predicted molar refractivity (Wildman–Crippen MR) is 98.8 cm³/mol. The number of amides is 1. The highest BCUT2D eigenvalue weighted by Crippen LogP contribution is 2.28. The van der Waals surface area contributed by atoms with Gasteiger partial charge >= 0.3 is 5.69 Å². The summed E-state index contributed by atoms with van der Waals surface area (Å²) >= 11 is 0. The third-order valence-electron chi connectivity index (χ3n) is 5.16. The van der Waals surface area contributed by atoms with E-state index in [0.29, 0.717) is 25.2 Å². The molecule has 1 saturated heterocycles. The molecule has 0 saturated carbocycles. The Morgan fingerprint density at radius 1 is 1.31 bits per heavy atom. The zero-order valence-corrected chi connectivity index (χ0v) is 15.9. The van der Waals surface area contributed by atoms with Crippen molar-refractivity contribution in [1.29, 1.82) is 0 Å². The molecule has 0 radical (unpaired) electrons. The van der Waals surface area contributed by atoms with Crippen molar-refractivity contribution in [3.05, 3.63) is 45.6 Å². The van der Waals surface area contributed by atoms with Crippen LogP contribution in [0.4, 0.5) is 0 Å². The van der Waals surface area contributed by atoms with Gasteiger partial charge in [-0.25, -0.2) is 9.48 Å². The van der Waals surface area contributed by atoms with Crippen LogP contribution in [0, 0.1) is 6.92 Å². The van der Waals surface area contributed by atoms with Crippen LogP contribution in [0.1, 0.15) is 47.4 Å². The molecular weight excluding hydrogens is 332 g/mol. The lowest BCUT2D eigenvalue weighted by atomic mass is 9.95. The largest absolute Gasteiger partial charge is 0.497 e. The van der Waals surface area contributed by atoms with Crippen LogP contribution in [-0.2, 0) is 13.6 Å². The number of carbonyl (C=O) groups is 1. The maximum absolute atomic E-state index is 12.9. The Balaban J connectivity index is 1.72. The van der Waals surface area contributed by atoms with Crippen molar-refractivity contribution in [2.75, 3.05) is 20.2 Å². The molecule has 1 amide bonds. The van der Waals surface area contributed by atoms with Crippen LogP contribution in [0.3, 0.4) is 0 Å². The van der Waals surface area contributed by atoms with E-state index in [-0.39, 0.29) is 17.5 Å². The van der Waals surface area contributed by atoms with Crippen LogP contribution >= 0.6 is 0 Å². The molecule has 1 fully saturated rings. The molecule has 0 N–H and O–H groups in total. The van der Waals surface area contributed by atoms with Gasteiger partial charge in [0.25, 0.3) is 5.91 Å². The third-order valence-corrected chi connectivity index (χ3v) is 5.16. The maximum atomic E-state index is 12.9. The lowest BCUT2D eigenvalue weighted by Crippen LogP contribution is -2.39. The number of rotatable bonds is 4. The summed E-state index contributed by atoms with van der Waals surface area (Å²) in [6, 6.07) is 5.53. The summed E-state index contributed by atoms with van der Waals surface area (Å²) in [5, 5.41) is 4.42. The van der Waals surface area contributed by atoms with E-state index in [1.54, 1.807) is 18.7 Å². The highest BCUT2D eigenvalue weighted by atomic mass is 16.5. The molecule has 0 spiro atoms. The van der Waals surface area contributed by atoms with Crippen molar-refractivity contribution >= 4 is 5.91 Å². The standard InChI is InChI=1S/C19H26N4O3/c1-5-23-17(20-21(3)19(23)25)14-8-10-22(11-9-14)18(24)16-7-6-15(26-4)12-13(16)2/h6-7,12,14H,5,8-11H2,1-4H3. The highest BCUT2D eigenvalue weighted by Gasteiger charge is 2.28. The quantitative estimate of drug-likeness (QED) is 0.838. The van der Waals surface area contributed by atoms with Gasteiger partial charge in [0, 0.05) is 38.2 Å². The molecule has 2 aromatic rings. The van der Waals surface area contributed by atoms with E-state index in [2.05, 4.69) is 5.10 Å². The van der Waals surface area contributed by atoms with Gasteiger partial charge < -0.3 is 9.64 Å². The van der Waals surface area contributed by atoms with E-state index in [4.69, 9.17) is 4.74 Å². The minimum atomic E-state index is -0.0742. The molecule has 0 unspecified atom stereocenters. The number of benzene rings is 1. The molecule has 0 bridgehead atoms. The van der Waals surface area contributed by atoms with Crippen LogP contribution in [0.5, 0.6) is 5.75 Å². The van der Waals surface area contributed by atoms with Crippen molar-refractivity contribution in [3.63, 3.8) is 0 Å². The summed E-state index contributed by atoms with van der Waals surface area (Å²) in [4.78, 5) is 26.8. The van der Waals surface area contributed by atoms with Gasteiger partial charge in [0.15, 0.2) is 0 Å². The molecule has 1 aromatic carbocycles. The molecule has 7 nitrogen and oxygen atoms in total. The second-order valence-corrected chi connectivity index (χ2v) is 6.76. The predicted octanol–water partition coefficient (Wildman–Crippen LogP) is 1.94. The number of hydrogen-bond donors (Lipinski definition) is 0. The number of likely N-dealkylation sites (tertiary alicyclic amines) is 1. The first kappa shape index (κ1) is 18.2. The first-order chi connectivity index (χ1) is 12.5. The van der Waals surface area contributed by atoms with Crippen LogP contribution in [0.25, 0.3) is 0 Å². The van der Waals surface area contributed by atoms with Crippen molar-refractivity contribution in [3.8, 4) is 5.75 Å². The molecule has 1 aliphatic rings. The minimum absolute atomic E-state index is 0.0532. The summed E-state index contributed by atoms with van der Waals surface area (Å²) in [7, 11) is 3.30. The van der Waals surface area contributed by atoms with Gasteiger partial charge in [-0.3, -0.25) is 9.36 Å². The monoisotopic (exact) mass is 358 g/mol. The minimum Gasteiger partial charge on any atom is -0.497 e. The SMILES string of the molecule is CCn1c(C2CCN(C(=O)c3ccc(OC)cc3C)CC2)nn(C)c1=O. The number of nitrogens with zero attached hydrogens (tertiary/aromatic N) is 4. The van der Waals surface area contributed by atoms with E-state index in [1.807, 2.05) is 36.9 Å². The van der Waals surface area contributed by atoms with E-state index in [9.17, 15) is 9.59 Å². The molecule has 2 heterocycles. The first-order valence-corrected chi connectivity index (χ1v) is 9.03. The fourth-order valence-corrected chi connectivity index (χ4v) is 3.64. The second-order valence-electron chi connectivity index (χ2n) is 6.76. The van der Waals surface area contributed by atoms with Crippen LogP contribution in [0.15, 0.2) is 23.0 Å². The summed E-state index contributed by atoms with van der Waals surface area (Å²) in [6.45, 7) is 5.84. The molecule has 140 valence electrons. The van der Waals surface area contributed by atoms with Crippen LogP contribution < -0.4 is 10.4 Å². The summed E-state index contributed by atoms with van der Waals surface area (Å²) in [5.41, 5.74) is 1.56. The molecule has 3 rings (SSSR count). The lowest BCUT2D eigenvalue weighted by Gasteiger charge is -2.32. The van der Waals surface area contributed by atoms with Crippen molar-refractivity contribution < 1.29 is 9.53 Å². The van der Waals surface area contributed by atoms with Gasteiger partial charge in [-0.2, -0.15) is 5.10 Å². The number of hydrogen-bond acceptors (Lipinski definition) is 4. The summed E-state index contributed by atoms with van der Waals surface area (Å²) in [5.74, 6) is 1.86. The molecule has 0 atom stereocenters.